The standard InChI is InChI=1S/C11H8N2O2/c14-11(15)6-5-10-12-7-8-3-1-2-4-9(8)13-10/h1-7H,(H,14,15). The monoisotopic (exact) mass is 200 g/mol. The van der Waals surface area contributed by atoms with Crippen molar-refractivity contribution in [1.82, 2.24) is 9.97 Å². The highest BCUT2D eigenvalue weighted by atomic mass is 16.4. The molecule has 1 aromatic carbocycles. The smallest absolute Gasteiger partial charge is 0.328 e. The molecule has 4 nitrogen and oxygen atoms in total. The summed E-state index contributed by atoms with van der Waals surface area (Å²) in [6.45, 7) is 0. The number of benzene rings is 1. The lowest BCUT2D eigenvalue weighted by Crippen LogP contribution is -1.90. The van der Waals surface area contributed by atoms with Gasteiger partial charge in [0.05, 0.1) is 5.52 Å². The number of para-hydroxylation sites is 1. The zero-order valence-electron chi connectivity index (χ0n) is 7.79. The summed E-state index contributed by atoms with van der Waals surface area (Å²) in [6, 6.07) is 7.54. The fourth-order valence-corrected chi connectivity index (χ4v) is 1.21. The minimum absolute atomic E-state index is 0.399. The number of hydrogen-bond acceptors (Lipinski definition) is 3. The first-order valence-electron chi connectivity index (χ1n) is 4.38. The molecule has 0 aliphatic rings. The lowest BCUT2D eigenvalue weighted by Gasteiger charge is -1.96. The average molecular weight is 200 g/mol. The van der Waals surface area contributed by atoms with E-state index in [1.54, 1.807) is 6.20 Å². The van der Waals surface area contributed by atoms with Gasteiger partial charge in [-0.05, 0) is 12.1 Å². The molecule has 0 aliphatic carbocycles. The second kappa shape index (κ2) is 3.88. The molecular weight excluding hydrogens is 192 g/mol. The number of carbonyl (C=O) groups is 1. The molecule has 1 aromatic heterocycles. The van der Waals surface area contributed by atoms with E-state index in [1.807, 2.05) is 24.3 Å². The molecule has 0 amide bonds. The van der Waals surface area contributed by atoms with Gasteiger partial charge in [0.1, 0.15) is 0 Å². The Bertz CT molecular complexity index is 535. The first-order valence-corrected chi connectivity index (χ1v) is 4.38. The van der Waals surface area contributed by atoms with Crippen LogP contribution >= 0.6 is 0 Å². The van der Waals surface area contributed by atoms with Crippen LogP contribution in [0.3, 0.4) is 0 Å². The molecule has 15 heavy (non-hydrogen) atoms. The molecule has 0 unspecified atom stereocenters. The Kier molecular flexibility index (Phi) is 2.41. The first-order chi connectivity index (χ1) is 7.25. The van der Waals surface area contributed by atoms with Gasteiger partial charge in [-0.25, -0.2) is 14.8 Å². The van der Waals surface area contributed by atoms with E-state index < -0.39 is 5.97 Å². The third-order valence-electron chi connectivity index (χ3n) is 1.88. The van der Waals surface area contributed by atoms with Crippen LogP contribution in [0.25, 0.3) is 17.0 Å². The van der Waals surface area contributed by atoms with E-state index in [4.69, 9.17) is 5.11 Å². The fourth-order valence-electron chi connectivity index (χ4n) is 1.21. The number of aromatic nitrogens is 2. The molecular formula is C11H8N2O2. The molecule has 0 bridgehead atoms. The second-order valence-electron chi connectivity index (χ2n) is 2.96. The van der Waals surface area contributed by atoms with Gasteiger partial charge in [0.15, 0.2) is 5.82 Å². The predicted octanol–water partition coefficient (Wildman–Crippen LogP) is 1.73. The Morgan fingerprint density at radius 1 is 1.33 bits per heavy atom. The van der Waals surface area contributed by atoms with Crippen LogP contribution in [0.1, 0.15) is 5.82 Å². The van der Waals surface area contributed by atoms with E-state index in [0.29, 0.717) is 5.82 Å². The number of hydrogen-bond donors (Lipinski definition) is 1. The van der Waals surface area contributed by atoms with Crippen molar-refractivity contribution >= 4 is 22.9 Å². The molecule has 2 rings (SSSR count). The summed E-state index contributed by atoms with van der Waals surface area (Å²) in [5.74, 6) is -0.608. The summed E-state index contributed by atoms with van der Waals surface area (Å²) in [4.78, 5) is 18.5. The van der Waals surface area contributed by atoms with Crippen LogP contribution in [-0.2, 0) is 4.79 Å². The number of nitrogens with zero attached hydrogens (tertiary/aromatic N) is 2. The highest BCUT2D eigenvalue weighted by Gasteiger charge is 1.96. The first kappa shape index (κ1) is 9.33. The highest BCUT2D eigenvalue weighted by Crippen LogP contribution is 2.09. The van der Waals surface area contributed by atoms with Gasteiger partial charge in [0.2, 0.25) is 0 Å². The lowest BCUT2D eigenvalue weighted by molar-refractivity contribution is -0.131. The van der Waals surface area contributed by atoms with Crippen LogP contribution in [0.15, 0.2) is 36.5 Å². The quantitative estimate of drug-likeness (QED) is 0.750. The summed E-state index contributed by atoms with van der Waals surface area (Å²) < 4.78 is 0. The summed E-state index contributed by atoms with van der Waals surface area (Å²) in [6.07, 6.45) is 4.06. The van der Waals surface area contributed by atoms with E-state index in [0.717, 1.165) is 17.0 Å². The van der Waals surface area contributed by atoms with Gasteiger partial charge in [-0.2, -0.15) is 0 Å². The Morgan fingerprint density at radius 3 is 2.93 bits per heavy atom. The van der Waals surface area contributed by atoms with Gasteiger partial charge in [0, 0.05) is 17.7 Å². The van der Waals surface area contributed by atoms with Gasteiger partial charge in [0.25, 0.3) is 0 Å². The highest BCUT2D eigenvalue weighted by molar-refractivity contribution is 5.85. The molecule has 0 aliphatic heterocycles. The third-order valence-corrected chi connectivity index (χ3v) is 1.88. The zero-order chi connectivity index (χ0) is 10.7. The maximum Gasteiger partial charge on any atom is 0.328 e. The molecule has 2 aromatic rings. The van der Waals surface area contributed by atoms with E-state index in [2.05, 4.69) is 9.97 Å². The van der Waals surface area contributed by atoms with Crippen LogP contribution < -0.4 is 0 Å². The average Bonchev–Trinajstić information content (AvgIpc) is 2.26. The molecule has 1 N–H and O–H groups in total. The van der Waals surface area contributed by atoms with E-state index in [1.165, 1.54) is 6.08 Å². The minimum atomic E-state index is -1.01. The zero-order valence-corrected chi connectivity index (χ0v) is 7.79. The summed E-state index contributed by atoms with van der Waals surface area (Å²) in [5, 5.41) is 9.38. The van der Waals surface area contributed by atoms with Gasteiger partial charge in [-0.1, -0.05) is 18.2 Å². The molecule has 1 heterocycles. The van der Waals surface area contributed by atoms with Gasteiger partial charge < -0.3 is 5.11 Å². The Labute approximate surface area is 85.9 Å². The van der Waals surface area contributed by atoms with Crippen LogP contribution in [0.4, 0.5) is 0 Å². The number of fused-ring (bicyclic) bond motifs is 1. The Hall–Kier alpha value is -2.23. The molecule has 0 radical (unpaired) electrons. The van der Waals surface area contributed by atoms with E-state index >= 15 is 0 Å². The Balaban J connectivity index is 2.43. The summed E-state index contributed by atoms with van der Waals surface area (Å²) >= 11 is 0. The molecule has 74 valence electrons. The molecule has 4 heteroatoms. The van der Waals surface area contributed by atoms with Crippen molar-refractivity contribution in [2.45, 2.75) is 0 Å². The SMILES string of the molecule is O=C(O)C=Cc1ncc2ccccc2n1. The molecule has 0 fully saturated rings. The molecule has 0 spiro atoms. The van der Waals surface area contributed by atoms with Crippen molar-refractivity contribution in [3.8, 4) is 0 Å². The topological polar surface area (TPSA) is 63.1 Å². The van der Waals surface area contributed by atoms with E-state index in [-0.39, 0.29) is 0 Å². The van der Waals surface area contributed by atoms with Crippen molar-refractivity contribution in [2.24, 2.45) is 0 Å². The van der Waals surface area contributed by atoms with Crippen molar-refractivity contribution in [3.05, 3.63) is 42.4 Å². The molecule has 0 saturated carbocycles. The summed E-state index contributed by atoms with van der Waals surface area (Å²) in [7, 11) is 0. The summed E-state index contributed by atoms with van der Waals surface area (Å²) in [5.41, 5.74) is 0.803. The van der Waals surface area contributed by atoms with Crippen LogP contribution in [0.5, 0.6) is 0 Å². The fraction of sp³-hybridized carbons (Fsp3) is 0. The van der Waals surface area contributed by atoms with Gasteiger partial charge >= 0.3 is 5.97 Å². The van der Waals surface area contributed by atoms with Crippen molar-refractivity contribution < 1.29 is 9.90 Å². The number of aliphatic carboxylic acids is 1. The van der Waals surface area contributed by atoms with Gasteiger partial charge in [-0.3, -0.25) is 0 Å². The third kappa shape index (κ3) is 2.17. The maximum absolute atomic E-state index is 10.3. The number of carboxylic acid groups (broad SMARTS) is 1. The maximum atomic E-state index is 10.3. The van der Waals surface area contributed by atoms with E-state index in [9.17, 15) is 4.79 Å². The molecule has 0 saturated heterocycles. The number of rotatable bonds is 2. The second-order valence-corrected chi connectivity index (χ2v) is 2.96. The lowest BCUT2D eigenvalue weighted by atomic mass is 10.2. The van der Waals surface area contributed by atoms with Crippen LogP contribution in [0.2, 0.25) is 0 Å². The predicted molar refractivity (Wildman–Crippen MR) is 56.2 cm³/mol. The largest absolute Gasteiger partial charge is 0.478 e. The van der Waals surface area contributed by atoms with Crippen molar-refractivity contribution in [2.75, 3.05) is 0 Å². The van der Waals surface area contributed by atoms with Crippen molar-refractivity contribution in [3.63, 3.8) is 0 Å². The van der Waals surface area contributed by atoms with Crippen molar-refractivity contribution in [1.29, 1.82) is 0 Å². The number of carboxylic acids is 1. The van der Waals surface area contributed by atoms with Crippen LogP contribution in [-0.4, -0.2) is 21.0 Å². The van der Waals surface area contributed by atoms with Gasteiger partial charge in [-0.15, -0.1) is 0 Å². The Morgan fingerprint density at radius 2 is 2.13 bits per heavy atom. The normalized spacial score (nSPS) is 10.9. The minimum Gasteiger partial charge on any atom is -0.478 e. The molecule has 0 atom stereocenters. The van der Waals surface area contributed by atoms with Crippen LogP contribution in [0, 0.1) is 0 Å².